The highest BCUT2D eigenvalue weighted by molar-refractivity contribution is 5.94. The van der Waals surface area contributed by atoms with Crippen LogP contribution in [0.2, 0.25) is 0 Å². The van der Waals surface area contributed by atoms with E-state index in [-0.39, 0.29) is 5.91 Å². The minimum atomic E-state index is 0.105. The fraction of sp³-hybridized carbons (Fsp3) is 0.600. The maximum Gasteiger partial charge on any atom is 0.255 e. The zero-order valence-corrected chi connectivity index (χ0v) is 12.4. The first-order chi connectivity index (χ1) is 9.66. The first-order valence-corrected chi connectivity index (χ1v) is 7.30. The summed E-state index contributed by atoms with van der Waals surface area (Å²) in [5.41, 5.74) is 1.59. The summed E-state index contributed by atoms with van der Waals surface area (Å²) in [6, 6.07) is 1.90. The van der Waals surface area contributed by atoms with Crippen molar-refractivity contribution in [2.45, 2.75) is 19.3 Å². The molecule has 1 aliphatic heterocycles. The number of hydrogen-bond donors (Lipinski definition) is 1. The van der Waals surface area contributed by atoms with Gasteiger partial charge in [0.15, 0.2) is 0 Å². The minimum absolute atomic E-state index is 0.105. The number of likely N-dealkylation sites (tertiary alicyclic amines) is 1. The highest BCUT2D eigenvalue weighted by atomic mass is 16.2. The molecule has 20 heavy (non-hydrogen) atoms. The lowest BCUT2D eigenvalue weighted by Crippen LogP contribution is -2.35. The van der Waals surface area contributed by atoms with Crippen molar-refractivity contribution in [1.82, 2.24) is 14.8 Å². The first kappa shape index (κ1) is 14.8. The summed E-state index contributed by atoms with van der Waals surface area (Å²) in [6.45, 7) is 3.54. The summed E-state index contributed by atoms with van der Waals surface area (Å²) >= 11 is 0. The van der Waals surface area contributed by atoms with E-state index >= 15 is 0 Å². The van der Waals surface area contributed by atoms with E-state index in [2.05, 4.69) is 15.2 Å². The molecule has 1 amide bonds. The lowest BCUT2D eigenvalue weighted by molar-refractivity contribution is 0.0724. The third kappa shape index (κ3) is 4.20. The Labute approximate surface area is 121 Å². The van der Waals surface area contributed by atoms with Gasteiger partial charge in [-0.05, 0) is 39.4 Å². The Balaban J connectivity index is 1.95. The number of rotatable bonds is 5. The molecule has 0 saturated carbocycles. The number of piperidine rings is 1. The van der Waals surface area contributed by atoms with E-state index in [9.17, 15) is 4.79 Å². The van der Waals surface area contributed by atoms with Crippen LogP contribution in [0.25, 0.3) is 0 Å². The number of aromatic nitrogens is 1. The lowest BCUT2D eigenvalue weighted by atomic mass is 10.1. The zero-order valence-electron chi connectivity index (χ0n) is 12.4. The van der Waals surface area contributed by atoms with E-state index in [1.54, 1.807) is 12.4 Å². The summed E-state index contributed by atoms with van der Waals surface area (Å²) in [5, 5.41) is 3.30. The van der Waals surface area contributed by atoms with Gasteiger partial charge in [-0.1, -0.05) is 0 Å². The van der Waals surface area contributed by atoms with E-state index in [0.29, 0.717) is 5.56 Å². The number of carbonyl (C=O) groups is 1. The molecule has 1 aromatic rings. The van der Waals surface area contributed by atoms with Crippen molar-refractivity contribution < 1.29 is 4.79 Å². The van der Waals surface area contributed by atoms with Crippen molar-refractivity contribution in [2.24, 2.45) is 0 Å². The SMILES string of the molecule is CN(C)CCNc1cncc(C(=O)N2CCCCC2)c1. The Morgan fingerprint density at radius 3 is 2.75 bits per heavy atom. The Kier molecular flexibility index (Phi) is 5.35. The molecule has 0 aliphatic carbocycles. The van der Waals surface area contributed by atoms with E-state index < -0.39 is 0 Å². The molecule has 0 bridgehead atoms. The van der Waals surface area contributed by atoms with Gasteiger partial charge in [0.05, 0.1) is 11.3 Å². The third-order valence-electron chi connectivity index (χ3n) is 3.52. The number of nitrogens with one attached hydrogen (secondary N) is 1. The van der Waals surface area contributed by atoms with Crippen LogP contribution < -0.4 is 5.32 Å². The van der Waals surface area contributed by atoms with Gasteiger partial charge in [0.25, 0.3) is 5.91 Å². The number of carbonyl (C=O) groups excluding carboxylic acids is 1. The molecule has 2 heterocycles. The molecule has 0 spiro atoms. The maximum atomic E-state index is 12.4. The van der Waals surface area contributed by atoms with Crippen molar-refractivity contribution in [2.75, 3.05) is 45.6 Å². The molecule has 0 aromatic carbocycles. The molecule has 1 aliphatic rings. The quantitative estimate of drug-likeness (QED) is 0.889. The van der Waals surface area contributed by atoms with Crippen molar-refractivity contribution in [1.29, 1.82) is 0 Å². The minimum Gasteiger partial charge on any atom is -0.382 e. The Morgan fingerprint density at radius 1 is 1.30 bits per heavy atom. The number of hydrogen-bond acceptors (Lipinski definition) is 4. The van der Waals surface area contributed by atoms with Crippen LogP contribution in [0.5, 0.6) is 0 Å². The van der Waals surface area contributed by atoms with Crippen molar-refractivity contribution in [3.63, 3.8) is 0 Å². The zero-order chi connectivity index (χ0) is 14.4. The van der Waals surface area contributed by atoms with Gasteiger partial charge in [0, 0.05) is 38.6 Å². The van der Waals surface area contributed by atoms with Gasteiger partial charge >= 0.3 is 0 Å². The van der Waals surface area contributed by atoms with E-state index in [4.69, 9.17) is 0 Å². The second-order valence-electron chi connectivity index (χ2n) is 5.55. The van der Waals surface area contributed by atoms with Crippen LogP contribution in [0, 0.1) is 0 Å². The molecular weight excluding hydrogens is 252 g/mol. The van der Waals surface area contributed by atoms with Gasteiger partial charge in [-0.3, -0.25) is 9.78 Å². The standard InChI is InChI=1S/C15H24N4O/c1-18(2)9-6-17-14-10-13(11-16-12-14)15(20)19-7-4-3-5-8-19/h10-12,17H,3-9H2,1-2H3. The van der Waals surface area contributed by atoms with Crippen LogP contribution >= 0.6 is 0 Å². The van der Waals surface area contributed by atoms with Gasteiger partial charge in [-0.2, -0.15) is 0 Å². The molecule has 5 nitrogen and oxygen atoms in total. The molecule has 2 rings (SSSR count). The molecule has 110 valence electrons. The van der Waals surface area contributed by atoms with E-state index in [1.165, 1.54) is 6.42 Å². The number of anilines is 1. The molecule has 1 N–H and O–H groups in total. The molecule has 0 radical (unpaired) electrons. The monoisotopic (exact) mass is 276 g/mol. The Hall–Kier alpha value is -1.62. The van der Waals surface area contributed by atoms with Gasteiger partial charge in [-0.15, -0.1) is 0 Å². The summed E-state index contributed by atoms with van der Waals surface area (Å²) in [6.07, 6.45) is 6.88. The normalized spacial score (nSPS) is 15.4. The van der Waals surface area contributed by atoms with E-state index in [0.717, 1.165) is 44.7 Å². The topological polar surface area (TPSA) is 48.5 Å². The molecule has 0 atom stereocenters. The fourth-order valence-corrected chi connectivity index (χ4v) is 2.36. The van der Waals surface area contributed by atoms with Gasteiger partial charge in [-0.25, -0.2) is 0 Å². The largest absolute Gasteiger partial charge is 0.382 e. The third-order valence-corrected chi connectivity index (χ3v) is 3.52. The van der Waals surface area contributed by atoms with E-state index in [1.807, 2.05) is 25.1 Å². The number of amides is 1. The summed E-state index contributed by atoms with van der Waals surface area (Å²) in [5.74, 6) is 0.105. The predicted molar refractivity (Wildman–Crippen MR) is 81.0 cm³/mol. The van der Waals surface area contributed by atoms with Gasteiger partial charge in [0.2, 0.25) is 0 Å². The molecule has 1 aromatic heterocycles. The molecular formula is C15H24N4O. The van der Waals surface area contributed by atoms with Crippen molar-refractivity contribution in [3.8, 4) is 0 Å². The average Bonchev–Trinajstić information content (AvgIpc) is 2.47. The maximum absolute atomic E-state index is 12.4. The lowest BCUT2D eigenvalue weighted by Gasteiger charge is -2.26. The first-order valence-electron chi connectivity index (χ1n) is 7.30. The van der Waals surface area contributed by atoms with Gasteiger partial charge in [0.1, 0.15) is 0 Å². The smallest absolute Gasteiger partial charge is 0.255 e. The van der Waals surface area contributed by atoms with Crippen molar-refractivity contribution in [3.05, 3.63) is 24.0 Å². The van der Waals surface area contributed by atoms with Crippen LogP contribution in [0.4, 0.5) is 5.69 Å². The Morgan fingerprint density at radius 2 is 2.05 bits per heavy atom. The molecule has 1 fully saturated rings. The van der Waals surface area contributed by atoms with Crippen LogP contribution in [-0.4, -0.2) is 61.0 Å². The highest BCUT2D eigenvalue weighted by Crippen LogP contribution is 2.15. The van der Waals surface area contributed by atoms with Crippen LogP contribution in [0.15, 0.2) is 18.5 Å². The molecule has 0 unspecified atom stereocenters. The van der Waals surface area contributed by atoms with Crippen LogP contribution in [-0.2, 0) is 0 Å². The average molecular weight is 276 g/mol. The van der Waals surface area contributed by atoms with Crippen LogP contribution in [0.1, 0.15) is 29.6 Å². The second-order valence-corrected chi connectivity index (χ2v) is 5.55. The van der Waals surface area contributed by atoms with Crippen LogP contribution in [0.3, 0.4) is 0 Å². The predicted octanol–water partition coefficient (Wildman–Crippen LogP) is 1.68. The number of pyridine rings is 1. The Bertz CT molecular complexity index is 441. The number of nitrogens with zero attached hydrogens (tertiary/aromatic N) is 3. The fourth-order valence-electron chi connectivity index (χ4n) is 2.36. The summed E-state index contributed by atoms with van der Waals surface area (Å²) in [7, 11) is 4.08. The van der Waals surface area contributed by atoms with Crippen molar-refractivity contribution >= 4 is 11.6 Å². The molecule has 5 heteroatoms. The van der Waals surface area contributed by atoms with Gasteiger partial charge < -0.3 is 15.1 Å². The highest BCUT2D eigenvalue weighted by Gasteiger charge is 2.18. The summed E-state index contributed by atoms with van der Waals surface area (Å²) < 4.78 is 0. The number of likely N-dealkylation sites (N-methyl/N-ethyl adjacent to an activating group) is 1. The molecule has 1 saturated heterocycles. The summed E-state index contributed by atoms with van der Waals surface area (Å²) in [4.78, 5) is 20.6. The second kappa shape index (κ2) is 7.24.